The lowest BCUT2D eigenvalue weighted by Crippen LogP contribution is -2.09. The molecule has 0 bridgehead atoms. The van der Waals surface area contributed by atoms with E-state index in [9.17, 15) is 0 Å². The van der Waals surface area contributed by atoms with Crippen molar-refractivity contribution >= 4 is 23.1 Å². The van der Waals surface area contributed by atoms with Crippen molar-refractivity contribution in [2.45, 2.75) is 26.4 Å². The molecule has 0 aliphatic rings. The number of hydrogen-bond acceptors (Lipinski definition) is 5. The van der Waals surface area contributed by atoms with E-state index < -0.39 is 0 Å². The van der Waals surface area contributed by atoms with Crippen LogP contribution in [0.15, 0.2) is 18.2 Å². The van der Waals surface area contributed by atoms with Crippen LogP contribution in [0.5, 0.6) is 5.75 Å². The summed E-state index contributed by atoms with van der Waals surface area (Å²) in [6.07, 6.45) is 0.977. The third-order valence-corrected chi connectivity index (χ3v) is 3.47. The maximum Gasteiger partial charge on any atom is 0.144 e. The second-order valence-electron chi connectivity index (χ2n) is 4.54. The molecule has 19 heavy (non-hydrogen) atoms. The minimum atomic E-state index is 0.117. The van der Waals surface area contributed by atoms with Gasteiger partial charge in [0, 0.05) is 30.7 Å². The van der Waals surface area contributed by atoms with Crippen molar-refractivity contribution in [2.75, 3.05) is 35.7 Å². The van der Waals surface area contributed by atoms with Gasteiger partial charge in [0.25, 0.3) is 0 Å². The highest BCUT2D eigenvalue weighted by Crippen LogP contribution is 2.26. The minimum Gasteiger partial charge on any atom is -0.489 e. The molecule has 5 heteroatoms. The zero-order valence-electron chi connectivity index (χ0n) is 11.7. The van der Waals surface area contributed by atoms with Gasteiger partial charge in [0.2, 0.25) is 0 Å². The standard InChI is InChI=1S/C14H24N2O2S/c1-11(2)18-14-10-12(4-5-13(14)15)16-6-9-19-8-3-7-17/h4-5,10-11,16-17H,3,6-9,15H2,1-2H3. The lowest BCUT2D eigenvalue weighted by atomic mass is 10.2. The van der Waals surface area contributed by atoms with Gasteiger partial charge in [-0.3, -0.25) is 0 Å². The van der Waals surface area contributed by atoms with Gasteiger partial charge in [-0.05, 0) is 38.2 Å². The van der Waals surface area contributed by atoms with E-state index in [0.717, 1.165) is 35.9 Å². The maximum absolute atomic E-state index is 8.67. The Balaban J connectivity index is 2.37. The summed E-state index contributed by atoms with van der Waals surface area (Å²) < 4.78 is 5.65. The number of anilines is 2. The summed E-state index contributed by atoms with van der Waals surface area (Å²) in [5.74, 6) is 2.75. The Bertz CT molecular complexity index is 372. The molecule has 0 unspecified atom stereocenters. The van der Waals surface area contributed by atoms with E-state index in [1.165, 1.54) is 0 Å². The maximum atomic E-state index is 8.67. The van der Waals surface area contributed by atoms with Crippen LogP contribution in [0.3, 0.4) is 0 Å². The summed E-state index contributed by atoms with van der Waals surface area (Å²) >= 11 is 1.84. The Hall–Kier alpha value is -1.07. The Morgan fingerprint density at radius 3 is 2.84 bits per heavy atom. The van der Waals surface area contributed by atoms with Crippen LogP contribution in [0.2, 0.25) is 0 Å². The first-order chi connectivity index (χ1) is 9.13. The number of aliphatic hydroxyl groups is 1. The molecule has 0 amide bonds. The van der Waals surface area contributed by atoms with Gasteiger partial charge < -0.3 is 20.9 Å². The lowest BCUT2D eigenvalue weighted by molar-refractivity contribution is 0.244. The van der Waals surface area contributed by atoms with E-state index >= 15 is 0 Å². The van der Waals surface area contributed by atoms with Gasteiger partial charge in [-0.15, -0.1) is 0 Å². The summed E-state index contributed by atoms with van der Waals surface area (Å²) in [6, 6.07) is 5.76. The van der Waals surface area contributed by atoms with Gasteiger partial charge in [-0.2, -0.15) is 11.8 Å². The highest BCUT2D eigenvalue weighted by molar-refractivity contribution is 7.99. The molecule has 1 aromatic rings. The highest BCUT2D eigenvalue weighted by Gasteiger charge is 2.04. The van der Waals surface area contributed by atoms with Crippen LogP contribution in [0.1, 0.15) is 20.3 Å². The van der Waals surface area contributed by atoms with Crippen LogP contribution in [0, 0.1) is 0 Å². The van der Waals surface area contributed by atoms with Crippen LogP contribution in [-0.4, -0.2) is 35.9 Å². The van der Waals surface area contributed by atoms with E-state index in [1.54, 1.807) is 0 Å². The largest absolute Gasteiger partial charge is 0.489 e. The molecule has 0 saturated carbocycles. The Kier molecular flexibility index (Phi) is 7.52. The normalized spacial score (nSPS) is 10.7. The topological polar surface area (TPSA) is 67.5 Å². The van der Waals surface area contributed by atoms with Crippen LogP contribution < -0.4 is 15.8 Å². The van der Waals surface area contributed by atoms with Crippen molar-refractivity contribution in [3.63, 3.8) is 0 Å². The summed E-state index contributed by atoms with van der Waals surface area (Å²) in [7, 11) is 0. The molecule has 0 spiro atoms. The first-order valence-electron chi connectivity index (χ1n) is 6.62. The van der Waals surface area contributed by atoms with Gasteiger partial charge in [-0.1, -0.05) is 0 Å². The third-order valence-electron chi connectivity index (χ3n) is 2.40. The molecule has 4 nitrogen and oxygen atoms in total. The average Bonchev–Trinajstić information content (AvgIpc) is 2.37. The molecule has 1 aromatic carbocycles. The monoisotopic (exact) mass is 284 g/mol. The third kappa shape index (κ3) is 6.59. The predicted molar refractivity (Wildman–Crippen MR) is 84.1 cm³/mol. The van der Waals surface area contributed by atoms with Crippen LogP contribution in [0.4, 0.5) is 11.4 Å². The zero-order valence-corrected chi connectivity index (χ0v) is 12.5. The number of nitrogens with one attached hydrogen (secondary N) is 1. The SMILES string of the molecule is CC(C)Oc1cc(NCCSCCCO)ccc1N. The number of nitrogens with two attached hydrogens (primary N) is 1. The van der Waals surface area contributed by atoms with Crippen molar-refractivity contribution < 1.29 is 9.84 Å². The molecule has 108 valence electrons. The van der Waals surface area contributed by atoms with Gasteiger partial charge in [0.1, 0.15) is 5.75 Å². The molecule has 0 aliphatic heterocycles. The summed E-state index contributed by atoms with van der Waals surface area (Å²) in [4.78, 5) is 0. The average molecular weight is 284 g/mol. The van der Waals surface area contributed by atoms with E-state index in [0.29, 0.717) is 5.69 Å². The van der Waals surface area contributed by atoms with Crippen molar-refractivity contribution in [3.05, 3.63) is 18.2 Å². The quantitative estimate of drug-likeness (QED) is 0.480. The number of ether oxygens (including phenoxy) is 1. The number of thioether (sulfide) groups is 1. The first-order valence-corrected chi connectivity index (χ1v) is 7.77. The second kappa shape index (κ2) is 8.93. The number of hydrogen-bond donors (Lipinski definition) is 3. The van der Waals surface area contributed by atoms with Crippen LogP contribution in [-0.2, 0) is 0 Å². The molecule has 0 aromatic heterocycles. The molecule has 1 rings (SSSR count). The fourth-order valence-electron chi connectivity index (χ4n) is 1.54. The molecule has 0 saturated heterocycles. The first kappa shape index (κ1) is 16.0. The van der Waals surface area contributed by atoms with Crippen molar-refractivity contribution in [1.29, 1.82) is 0 Å². The number of benzene rings is 1. The van der Waals surface area contributed by atoms with Crippen LogP contribution >= 0.6 is 11.8 Å². The molecule has 0 radical (unpaired) electrons. The fraction of sp³-hybridized carbons (Fsp3) is 0.571. The van der Waals surface area contributed by atoms with Crippen LogP contribution in [0.25, 0.3) is 0 Å². The molecule has 0 aliphatic carbocycles. The van der Waals surface area contributed by atoms with E-state index in [1.807, 2.05) is 43.8 Å². The van der Waals surface area contributed by atoms with Gasteiger partial charge >= 0.3 is 0 Å². The molecule has 4 N–H and O–H groups in total. The molecule has 0 fully saturated rings. The zero-order chi connectivity index (χ0) is 14.1. The lowest BCUT2D eigenvalue weighted by Gasteiger charge is -2.14. The Labute approximate surface area is 119 Å². The van der Waals surface area contributed by atoms with E-state index in [2.05, 4.69) is 5.32 Å². The van der Waals surface area contributed by atoms with E-state index in [-0.39, 0.29) is 12.7 Å². The number of aliphatic hydroxyl groups excluding tert-OH is 1. The summed E-state index contributed by atoms with van der Waals surface area (Å²) in [5.41, 5.74) is 7.55. The summed E-state index contributed by atoms with van der Waals surface area (Å²) in [6.45, 7) is 5.13. The van der Waals surface area contributed by atoms with Gasteiger partial charge in [-0.25, -0.2) is 0 Å². The van der Waals surface area contributed by atoms with Gasteiger partial charge in [0.05, 0.1) is 11.8 Å². The number of nitrogen functional groups attached to an aromatic ring is 1. The molecular formula is C14H24N2O2S. The molecule has 0 heterocycles. The van der Waals surface area contributed by atoms with E-state index in [4.69, 9.17) is 15.6 Å². The van der Waals surface area contributed by atoms with Gasteiger partial charge in [0.15, 0.2) is 0 Å². The predicted octanol–water partition coefficient (Wildman–Crippen LogP) is 2.58. The minimum absolute atomic E-state index is 0.117. The second-order valence-corrected chi connectivity index (χ2v) is 5.76. The molecular weight excluding hydrogens is 260 g/mol. The Morgan fingerprint density at radius 1 is 1.37 bits per heavy atom. The van der Waals surface area contributed by atoms with Crippen molar-refractivity contribution in [1.82, 2.24) is 0 Å². The van der Waals surface area contributed by atoms with Crippen molar-refractivity contribution in [3.8, 4) is 5.75 Å². The smallest absolute Gasteiger partial charge is 0.144 e. The Morgan fingerprint density at radius 2 is 2.16 bits per heavy atom. The number of rotatable bonds is 9. The van der Waals surface area contributed by atoms with Crippen molar-refractivity contribution in [2.24, 2.45) is 0 Å². The highest BCUT2D eigenvalue weighted by atomic mass is 32.2. The summed E-state index contributed by atoms with van der Waals surface area (Å²) in [5, 5.41) is 12.0. The molecule has 0 atom stereocenters. The fourth-order valence-corrected chi connectivity index (χ4v) is 2.32.